The SMILES string of the molecule is COc1ccc(OC)c([C@H]2Nc3ccc(S(=O)(=O)Nc4ccccc4)cc3[C@H]3C=CC[C@H]32)c1. The van der Waals surface area contributed by atoms with Crippen molar-refractivity contribution in [1.82, 2.24) is 0 Å². The van der Waals surface area contributed by atoms with E-state index in [0.29, 0.717) is 5.69 Å². The third kappa shape index (κ3) is 3.93. The van der Waals surface area contributed by atoms with E-state index in [1.54, 1.807) is 50.6 Å². The maximum atomic E-state index is 13.0. The maximum absolute atomic E-state index is 13.0. The van der Waals surface area contributed by atoms with Crippen LogP contribution in [0.2, 0.25) is 0 Å². The molecule has 1 aliphatic carbocycles. The minimum atomic E-state index is -3.70. The minimum Gasteiger partial charge on any atom is -0.497 e. The summed E-state index contributed by atoms with van der Waals surface area (Å²) >= 11 is 0. The number of para-hydroxylation sites is 1. The number of benzene rings is 3. The largest absolute Gasteiger partial charge is 0.497 e. The zero-order valence-corrected chi connectivity index (χ0v) is 19.3. The van der Waals surface area contributed by atoms with Gasteiger partial charge in [-0.05, 0) is 66.4 Å². The second-order valence-corrected chi connectivity index (χ2v) is 9.99. The lowest BCUT2D eigenvalue weighted by Gasteiger charge is -2.38. The van der Waals surface area contributed by atoms with Gasteiger partial charge in [-0.3, -0.25) is 4.72 Å². The van der Waals surface area contributed by atoms with E-state index in [2.05, 4.69) is 22.2 Å². The summed E-state index contributed by atoms with van der Waals surface area (Å²) in [5.74, 6) is 1.91. The number of hydrogen-bond acceptors (Lipinski definition) is 5. The Balaban J connectivity index is 1.52. The Morgan fingerprint density at radius 1 is 0.939 bits per heavy atom. The summed E-state index contributed by atoms with van der Waals surface area (Å²) in [6.07, 6.45) is 5.25. The molecule has 2 aliphatic rings. The predicted molar refractivity (Wildman–Crippen MR) is 130 cm³/mol. The van der Waals surface area contributed by atoms with E-state index in [0.717, 1.165) is 34.7 Å². The summed E-state index contributed by atoms with van der Waals surface area (Å²) < 4.78 is 39.9. The lowest BCUT2D eigenvalue weighted by Crippen LogP contribution is -2.29. The van der Waals surface area contributed by atoms with E-state index in [1.807, 2.05) is 30.3 Å². The van der Waals surface area contributed by atoms with Crippen molar-refractivity contribution in [1.29, 1.82) is 0 Å². The zero-order valence-electron chi connectivity index (χ0n) is 18.5. The van der Waals surface area contributed by atoms with Gasteiger partial charge in [-0.2, -0.15) is 0 Å². The Morgan fingerprint density at radius 2 is 1.76 bits per heavy atom. The number of fused-ring (bicyclic) bond motifs is 3. The molecular formula is C26H26N2O4S. The number of rotatable bonds is 6. The molecule has 1 aliphatic heterocycles. The third-order valence-corrected chi connectivity index (χ3v) is 7.82. The summed E-state index contributed by atoms with van der Waals surface area (Å²) in [4.78, 5) is 0.253. The molecule has 0 radical (unpaired) electrons. The number of nitrogens with one attached hydrogen (secondary N) is 2. The molecule has 0 amide bonds. The van der Waals surface area contributed by atoms with Crippen LogP contribution in [0.4, 0.5) is 11.4 Å². The van der Waals surface area contributed by atoms with E-state index in [4.69, 9.17) is 9.47 Å². The van der Waals surface area contributed by atoms with Crippen molar-refractivity contribution in [2.75, 3.05) is 24.3 Å². The molecule has 3 aromatic rings. The van der Waals surface area contributed by atoms with Crippen LogP contribution in [0.5, 0.6) is 11.5 Å². The van der Waals surface area contributed by atoms with Gasteiger partial charge in [0.15, 0.2) is 0 Å². The second-order valence-electron chi connectivity index (χ2n) is 8.30. The standard InChI is InChI=1S/C26H26N2O4S/c1-31-18-11-14-25(32-2)23(15-18)26-21-10-6-9-20(21)22-16-19(12-13-24(22)27-26)33(29,30)28-17-7-4-3-5-8-17/h3-9,11-16,20-21,26-28H,10H2,1-2H3/t20-,21+,26-/m0/s1. The first-order chi connectivity index (χ1) is 16.0. The lowest BCUT2D eigenvalue weighted by molar-refractivity contribution is 0.374. The maximum Gasteiger partial charge on any atom is 0.261 e. The third-order valence-electron chi connectivity index (χ3n) is 6.44. The topological polar surface area (TPSA) is 76.7 Å². The Kier molecular flexibility index (Phi) is 5.50. The van der Waals surface area contributed by atoms with Gasteiger partial charge in [-0.15, -0.1) is 0 Å². The van der Waals surface area contributed by atoms with Gasteiger partial charge in [0.2, 0.25) is 0 Å². The highest BCUT2D eigenvalue weighted by Gasteiger charge is 2.39. The molecular weight excluding hydrogens is 436 g/mol. The number of ether oxygens (including phenoxy) is 2. The molecule has 0 aromatic heterocycles. The molecule has 3 atom stereocenters. The van der Waals surface area contributed by atoms with E-state index in [-0.39, 0.29) is 22.8 Å². The number of anilines is 2. The van der Waals surface area contributed by atoms with E-state index in [1.165, 1.54) is 0 Å². The molecule has 3 aromatic carbocycles. The van der Waals surface area contributed by atoms with Crippen molar-refractivity contribution < 1.29 is 17.9 Å². The summed E-state index contributed by atoms with van der Waals surface area (Å²) in [5, 5.41) is 3.65. The van der Waals surface area contributed by atoms with Crippen LogP contribution in [0.25, 0.3) is 0 Å². The van der Waals surface area contributed by atoms with Crippen molar-refractivity contribution in [3.05, 3.63) is 90.0 Å². The van der Waals surface area contributed by atoms with Crippen molar-refractivity contribution in [2.24, 2.45) is 5.92 Å². The minimum absolute atomic E-state index is 0.00690. The molecule has 170 valence electrons. The van der Waals surface area contributed by atoms with Crippen LogP contribution in [0.3, 0.4) is 0 Å². The van der Waals surface area contributed by atoms with Crippen molar-refractivity contribution >= 4 is 21.4 Å². The van der Waals surface area contributed by atoms with Crippen LogP contribution in [0, 0.1) is 5.92 Å². The lowest BCUT2D eigenvalue weighted by atomic mass is 9.77. The quantitative estimate of drug-likeness (QED) is 0.484. The van der Waals surface area contributed by atoms with Crippen LogP contribution in [-0.2, 0) is 10.0 Å². The van der Waals surface area contributed by atoms with Gasteiger partial charge >= 0.3 is 0 Å². The number of sulfonamides is 1. The average Bonchev–Trinajstić information content (AvgIpc) is 3.33. The smallest absolute Gasteiger partial charge is 0.261 e. The van der Waals surface area contributed by atoms with Gasteiger partial charge in [0.05, 0.1) is 25.2 Å². The number of hydrogen-bond donors (Lipinski definition) is 2. The highest BCUT2D eigenvalue weighted by atomic mass is 32.2. The summed E-state index contributed by atoms with van der Waals surface area (Å²) in [5.41, 5.74) is 3.49. The molecule has 6 nitrogen and oxygen atoms in total. The molecule has 5 rings (SSSR count). The summed E-state index contributed by atoms with van der Waals surface area (Å²) in [6.45, 7) is 0. The first-order valence-electron chi connectivity index (χ1n) is 10.9. The Labute approximate surface area is 194 Å². The van der Waals surface area contributed by atoms with Gasteiger partial charge < -0.3 is 14.8 Å². The normalized spacial score (nSPS) is 21.0. The molecule has 0 unspecified atom stereocenters. The van der Waals surface area contributed by atoms with Crippen LogP contribution in [-0.4, -0.2) is 22.6 Å². The predicted octanol–water partition coefficient (Wildman–Crippen LogP) is 5.33. The Hall–Kier alpha value is -3.45. The Bertz CT molecular complexity index is 1310. The zero-order chi connectivity index (χ0) is 23.0. The van der Waals surface area contributed by atoms with Crippen molar-refractivity contribution in [2.45, 2.75) is 23.3 Å². The molecule has 1 heterocycles. The fraction of sp³-hybridized carbons (Fsp3) is 0.231. The van der Waals surface area contributed by atoms with Gasteiger partial charge in [0, 0.05) is 22.9 Å². The molecule has 0 bridgehead atoms. The monoisotopic (exact) mass is 462 g/mol. The highest BCUT2D eigenvalue weighted by Crippen LogP contribution is 2.52. The van der Waals surface area contributed by atoms with Crippen LogP contribution in [0.1, 0.15) is 29.5 Å². The second kappa shape index (κ2) is 8.48. The van der Waals surface area contributed by atoms with Gasteiger partial charge in [-0.1, -0.05) is 30.4 Å². The molecule has 0 saturated heterocycles. The fourth-order valence-corrected chi connectivity index (χ4v) is 5.94. The number of methoxy groups -OCH3 is 2. The molecule has 33 heavy (non-hydrogen) atoms. The van der Waals surface area contributed by atoms with E-state index in [9.17, 15) is 8.42 Å². The molecule has 0 saturated carbocycles. The van der Waals surface area contributed by atoms with Crippen LogP contribution in [0.15, 0.2) is 83.8 Å². The van der Waals surface area contributed by atoms with Gasteiger partial charge in [0.25, 0.3) is 10.0 Å². The summed E-state index contributed by atoms with van der Waals surface area (Å²) in [6, 6.07) is 20.1. The fourth-order valence-electron chi connectivity index (χ4n) is 4.85. The van der Waals surface area contributed by atoms with E-state index >= 15 is 0 Å². The first-order valence-corrected chi connectivity index (χ1v) is 12.4. The molecule has 7 heteroatoms. The molecule has 2 N–H and O–H groups in total. The van der Waals surface area contributed by atoms with Crippen LogP contribution < -0.4 is 19.5 Å². The Morgan fingerprint density at radius 3 is 2.52 bits per heavy atom. The summed E-state index contributed by atoms with van der Waals surface area (Å²) in [7, 11) is -0.376. The molecule has 0 fully saturated rings. The van der Waals surface area contributed by atoms with Crippen molar-refractivity contribution in [3.63, 3.8) is 0 Å². The van der Waals surface area contributed by atoms with E-state index < -0.39 is 10.0 Å². The van der Waals surface area contributed by atoms with Crippen LogP contribution >= 0.6 is 0 Å². The molecule has 0 spiro atoms. The first kappa shape index (κ1) is 21.4. The van der Waals surface area contributed by atoms with Gasteiger partial charge in [-0.25, -0.2) is 8.42 Å². The van der Waals surface area contributed by atoms with Gasteiger partial charge in [0.1, 0.15) is 11.5 Å². The number of allylic oxidation sites excluding steroid dienone is 2. The average molecular weight is 463 g/mol. The highest BCUT2D eigenvalue weighted by molar-refractivity contribution is 7.92. The van der Waals surface area contributed by atoms with Crippen molar-refractivity contribution in [3.8, 4) is 11.5 Å².